The SMILES string of the molecule is CC(COC1CCCCCCC1I)C1CC1. The Morgan fingerprint density at radius 3 is 2.44 bits per heavy atom. The van der Waals surface area contributed by atoms with E-state index in [4.69, 9.17) is 4.74 Å². The Labute approximate surface area is 114 Å². The van der Waals surface area contributed by atoms with Gasteiger partial charge in [-0.1, -0.05) is 55.2 Å². The molecule has 0 amide bonds. The van der Waals surface area contributed by atoms with Crippen molar-refractivity contribution in [2.24, 2.45) is 11.8 Å². The van der Waals surface area contributed by atoms with Crippen molar-refractivity contribution in [2.75, 3.05) is 6.61 Å². The molecule has 2 rings (SSSR count). The van der Waals surface area contributed by atoms with Crippen molar-refractivity contribution in [3.63, 3.8) is 0 Å². The summed E-state index contributed by atoms with van der Waals surface area (Å²) in [7, 11) is 0. The first-order valence-electron chi connectivity index (χ1n) is 7.03. The Morgan fingerprint density at radius 1 is 1.06 bits per heavy atom. The first-order chi connectivity index (χ1) is 7.77. The maximum absolute atomic E-state index is 6.19. The minimum Gasteiger partial charge on any atom is -0.377 e. The maximum Gasteiger partial charge on any atom is 0.0692 e. The van der Waals surface area contributed by atoms with Crippen molar-refractivity contribution in [1.82, 2.24) is 0 Å². The van der Waals surface area contributed by atoms with Gasteiger partial charge in [0.2, 0.25) is 0 Å². The van der Waals surface area contributed by atoms with E-state index in [1.54, 1.807) is 0 Å². The minimum atomic E-state index is 0.544. The van der Waals surface area contributed by atoms with Gasteiger partial charge in [-0.25, -0.2) is 0 Å². The molecule has 2 aliphatic carbocycles. The summed E-state index contributed by atoms with van der Waals surface area (Å²) in [5, 5.41) is 0. The second-order valence-corrected chi connectivity index (χ2v) is 7.29. The predicted molar refractivity (Wildman–Crippen MR) is 77.1 cm³/mol. The van der Waals surface area contributed by atoms with Gasteiger partial charge >= 0.3 is 0 Å². The van der Waals surface area contributed by atoms with Gasteiger partial charge in [-0.05, 0) is 37.5 Å². The average molecular weight is 336 g/mol. The van der Waals surface area contributed by atoms with Gasteiger partial charge in [-0.3, -0.25) is 0 Å². The summed E-state index contributed by atoms with van der Waals surface area (Å²) in [6.45, 7) is 3.37. The normalized spacial score (nSPS) is 34.1. The van der Waals surface area contributed by atoms with Crippen molar-refractivity contribution in [1.29, 1.82) is 0 Å². The monoisotopic (exact) mass is 336 g/mol. The van der Waals surface area contributed by atoms with E-state index >= 15 is 0 Å². The van der Waals surface area contributed by atoms with Crippen molar-refractivity contribution < 1.29 is 4.74 Å². The van der Waals surface area contributed by atoms with E-state index in [1.807, 2.05) is 0 Å². The molecule has 0 heterocycles. The van der Waals surface area contributed by atoms with Gasteiger partial charge in [0.05, 0.1) is 6.10 Å². The third-order valence-electron chi connectivity index (χ3n) is 4.12. The highest BCUT2D eigenvalue weighted by atomic mass is 127. The molecule has 0 saturated heterocycles. The lowest BCUT2D eigenvalue weighted by atomic mass is 9.98. The molecule has 16 heavy (non-hydrogen) atoms. The van der Waals surface area contributed by atoms with E-state index in [0.717, 1.165) is 22.4 Å². The van der Waals surface area contributed by atoms with Crippen molar-refractivity contribution in [3.05, 3.63) is 0 Å². The number of rotatable bonds is 4. The van der Waals surface area contributed by atoms with Crippen LogP contribution in [0.15, 0.2) is 0 Å². The van der Waals surface area contributed by atoms with Crippen LogP contribution in [0.4, 0.5) is 0 Å². The molecule has 3 unspecified atom stereocenters. The zero-order valence-electron chi connectivity index (χ0n) is 10.5. The molecule has 3 atom stereocenters. The molecule has 2 heteroatoms. The molecule has 0 aromatic carbocycles. The van der Waals surface area contributed by atoms with Gasteiger partial charge in [0, 0.05) is 10.5 Å². The topological polar surface area (TPSA) is 9.23 Å². The summed E-state index contributed by atoms with van der Waals surface area (Å²) in [6, 6.07) is 0. The quantitative estimate of drug-likeness (QED) is 0.540. The Hall–Kier alpha value is 0.690. The van der Waals surface area contributed by atoms with E-state index in [9.17, 15) is 0 Å². The number of ether oxygens (including phenoxy) is 1. The molecule has 0 N–H and O–H groups in total. The average Bonchev–Trinajstić information content (AvgIpc) is 3.06. The molecule has 0 radical (unpaired) electrons. The molecule has 1 nitrogen and oxygen atoms in total. The lowest BCUT2D eigenvalue weighted by molar-refractivity contribution is 0.0198. The van der Waals surface area contributed by atoms with Crippen LogP contribution >= 0.6 is 22.6 Å². The van der Waals surface area contributed by atoms with Gasteiger partial charge in [0.1, 0.15) is 0 Å². The van der Waals surface area contributed by atoms with Crippen LogP contribution in [-0.4, -0.2) is 16.6 Å². The van der Waals surface area contributed by atoms with Gasteiger partial charge in [0.25, 0.3) is 0 Å². The van der Waals surface area contributed by atoms with E-state index in [2.05, 4.69) is 29.5 Å². The Balaban J connectivity index is 1.71. The van der Waals surface area contributed by atoms with E-state index < -0.39 is 0 Å². The second kappa shape index (κ2) is 6.58. The number of hydrogen-bond acceptors (Lipinski definition) is 1. The van der Waals surface area contributed by atoms with Crippen LogP contribution in [0.25, 0.3) is 0 Å². The molecule has 2 fully saturated rings. The molecule has 0 aromatic heterocycles. The van der Waals surface area contributed by atoms with Crippen LogP contribution in [0.1, 0.15) is 58.3 Å². The number of alkyl halides is 1. The molecule has 0 aromatic rings. The van der Waals surface area contributed by atoms with Crippen molar-refractivity contribution in [2.45, 2.75) is 68.3 Å². The molecule has 0 aliphatic heterocycles. The molecule has 2 aliphatic rings. The lowest BCUT2D eigenvalue weighted by Crippen LogP contribution is -2.27. The highest BCUT2D eigenvalue weighted by molar-refractivity contribution is 14.1. The fourth-order valence-corrected chi connectivity index (χ4v) is 3.68. The van der Waals surface area contributed by atoms with Crippen LogP contribution in [0.2, 0.25) is 0 Å². The number of halogens is 1. The summed E-state index contributed by atoms with van der Waals surface area (Å²) in [5.41, 5.74) is 0. The van der Waals surface area contributed by atoms with Gasteiger partial charge in [-0.2, -0.15) is 0 Å². The van der Waals surface area contributed by atoms with Crippen LogP contribution < -0.4 is 0 Å². The standard InChI is InChI=1S/C14H25IO/c1-11(12-8-9-12)10-16-14-7-5-3-2-4-6-13(14)15/h11-14H,2-10H2,1H3. The molecular formula is C14H25IO. The highest BCUT2D eigenvalue weighted by Gasteiger charge is 2.29. The highest BCUT2D eigenvalue weighted by Crippen LogP contribution is 2.37. The lowest BCUT2D eigenvalue weighted by Gasteiger charge is -2.26. The summed E-state index contributed by atoms with van der Waals surface area (Å²) in [5.74, 6) is 1.79. The van der Waals surface area contributed by atoms with Gasteiger partial charge in [-0.15, -0.1) is 0 Å². The van der Waals surface area contributed by atoms with Crippen molar-refractivity contribution in [3.8, 4) is 0 Å². The third-order valence-corrected chi connectivity index (χ3v) is 5.55. The molecule has 0 bridgehead atoms. The molecule has 0 spiro atoms. The van der Waals surface area contributed by atoms with Crippen LogP contribution in [0.3, 0.4) is 0 Å². The fraction of sp³-hybridized carbons (Fsp3) is 1.00. The zero-order valence-corrected chi connectivity index (χ0v) is 12.6. The van der Waals surface area contributed by atoms with E-state index in [-0.39, 0.29) is 0 Å². The Morgan fingerprint density at radius 2 is 1.75 bits per heavy atom. The summed E-state index contributed by atoms with van der Waals surface area (Å²) in [4.78, 5) is 0. The maximum atomic E-state index is 6.19. The van der Waals surface area contributed by atoms with Crippen LogP contribution in [0.5, 0.6) is 0 Å². The Kier molecular flexibility index (Phi) is 5.40. The van der Waals surface area contributed by atoms with E-state index in [1.165, 1.54) is 51.4 Å². The zero-order chi connectivity index (χ0) is 11.4. The fourth-order valence-electron chi connectivity index (χ4n) is 2.67. The second-order valence-electron chi connectivity index (χ2n) is 5.69. The smallest absolute Gasteiger partial charge is 0.0692 e. The minimum absolute atomic E-state index is 0.544. The Bertz CT molecular complexity index is 203. The van der Waals surface area contributed by atoms with Gasteiger partial charge in [0.15, 0.2) is 0 Å². The summed E-state index contributed by atoms with van der Waals surface area (Å²) >= 11 is 2.62. The van der Waals surface area contributed by atoms with Gasteiger partial charge < -0.3 is 4.74 Å². The number of hydrogen-bond donors (Lipinski definition) is 0. The predicted octanol–water partition coefficient (Wildman–Crippen LogP) is 4.58. The van der Waals surface area contributed by atoms with E-state index in [0.29, 0.717) is 6.10 Å². The first kappa shape index (κ1) is 13.1. The van der Waals surface area contributed by atoms with Crippen molar-refractivity contribution >= 4 is 22.6 Å². The third kappa shape index (κ3) is 4.17. The first-order valence-corrected chi connectivity index (χ1v) is 8.27. The van der Waals surface area contributed by atoms with Crippen LogP contribution in [-0.2, 0) is 4.74 Å². The van der Waals surface area contributed by atoms with Crippen LogP contribution in [0, 0.1) is 11.8 Å². The summed E-state index contributed by atoms with van der Waals surface area (Å²) in [6.07, 6.45) is 11.7. The molecule has 2 saturated carbocycles. The largest absolute Gasteiger partial charge is 0.377 e. The molecule has 94 valence electrons. The summed E-state index contributed by atoms with van der Waals surface area (Å²) < 4.78 is 6.94. The molecular weight excluding hydrogens is 311 g/mol.